The fraction of sp³-hybridized carbons (Fsp3) is 0.462. The molecule has 2 aromatic rings. The number of amides is 2. The van der Waals surface area contributed by atoms with Gasteiger partial charge in [-0.05, 0) is 41.7 Å². The summed E-state index contributed by atoms with van der Waals surface area (Å²) < 4.78 is 0. The summed E-state index contributed by atoms with van der Waals surface area (Å²) in [5, 5.41) is 33.5. The summed E-state index contributed by atoms with van der Waals surface area (Å²) in [6.07, 6.45) is 4.55. The molecule has 0 radical (unpaired) electrons. The van der Waals surface area contributed by atoms with E-state index in [0.29, 0.717) is 12.0 Å². The minimum Gasteiger partial charge on any atom is -0.508 e. The molecule has 2 amide bonds. The fourth-order valence-electron chi connectivity index (χ4n) is 5.30. The number of carbonyl (C=O) groups excluding carboxylic acids is 2. The van der Waals surface area contributed by atoms with E-state index in [1.165, 1.54) is 0 Å². The Labute approximate surface area is 199 Å². The first-order chi connectivity index (χ1) is 16.5. The number of phenols is 1. The van der Waals surface area contributed by atoms with Gasteiger partial charge in [0.2, 0.25) is 11.8 Å². The molecule has 182 valence electrons. The lowest BCUT2D eigenvalue weighted by atomic mass is 9.94. The molecule has 8 heteroatoms. The van der Waals surface area contributed by atoms with E-state index in [1.54, 1.807) is 28.6 Å². The Hall–Kier alpha value is -2.94. The Morgan fingerprint density at radius 3 is 2.56 bits per heavy atom. The zero-order valence-electron chi connectivity index (χ0n) is 19.2. The summed E-state index contributed by atoms with van der Waals surface area (Å²) in [5.74, 6) is -0.876. The van der Waals surface area contributed by atoms with Gasteiger partial charge in [-0.15, -0.1) is 0 Å². The van der Waals surface area contributed by atoms with E-state index in [0.717, 1.165) is 43.2 Å². The summed E-state index contributed by atoms with van der Waals surface area (Å²) in [4.78, 5) is 27.8. The zero-order chi connectivity index (χ0) is 24.1. The van der Waals surface area contributed by atoms with Gasteiger partial charge in [0.1, 0.15) is 5.75 Å². The minimum atomic E-state index is -0.854. The molecule has 1 saturated carbocycles. The van der Waals surface area contributed by atoms with Crippen LogP contribution in [-0.2, 0) is 22.6 Å². The molecular weight excluding hydrogens is 434 g/mol. The van der Waals surface area contributed by atoms with Crippen LogP contribution in [0.1, 0.15) is 61.3 Å². The van der Waals surface area contributed by atoms with E-state index >= 15 is 0 Å². The SMILES string of the molecule is O=C(C[C@@H](NC1CCCCC1)C(=O)N(Cc1cccc(O)c1)[C@H]1c2ccccc2C[C@H]1O)NO. The van der Waals surface area contributed by atoms with Gasteiger partial charge < -0.3 is 20.4 Å². The Morgan fingerprint density at radius 1 is 1.06 bits per heavy atom. The minimum absolute atomic E-state index is 0.0915. The number of fused-ring (bicyclic) bond motifs is 1. The third-order valence-electron chi connectivity index (χ3n) is 6.90. The number of phenolic OH excluding ortho intramolecular Hbond substituents is 1. The molecule has 8 nitrogen and oxygen atoms in total. The van der Waals surface area contributed by atoms with Crippen molar-refractivity contribution in [3.63, 3.8) is 0 Å². The Kier molecular flexibility index (Phi) is 7.82. The maximum Gasteiger partial charge on any atom is 0.245 e. The number of hydrogen-bond acceptors (Lipinski definition) is 6. The summed E-state index contributed by atoms with van der Waals surface area (Å²) >= 11 is 0. The predicted molar refractivity (Wildman–Crippen MR) is 126 cm³/mol. The van der Waals surface area contributed by atoms with Crippen LogP contribution < -0.4 is 10.8 Å². The summed E-state index contributed by atoms with van der Waals surface area (Å²) in [7, 11) is 0. The molecule has 0 bridgehead atoms. The molecule has 0 unspecified atom stereocenters. The van der Waals surface area contributed by atoms with Crippen molar-refractivity contribution >= 4 is 11.8 Å². The average Bonchev–Trinajstić information content (AvgIpc) is 3.17. The highest BCUT2D eigenvalue weighted by molar-refractivity contribution is 5.88. The second kappa shape index (κ2) is 11.0. The Morgan fingerprint density at radius 2 is 1.82 bits per heavy atom. The van der Waals surface area contributed by atoms with Crippen molar-refractivity contribution in [1.29, 1.82) is 0 Å². The molecule has 1 fully saturated rings. The van der Waals surface area contributed by atoms with Gasteiger partial charge in [0.15, 0.2) is 0 Å². The number of benzene rings is 2. The Bertz CT molecular complexity index is 1010. The van der Waals surface area contributed by atoms with E-state index < -0.39 is 24.1 Å². The van der Waals surface area contributed by atoms with Crippen molar-refractivity contribution in [1.82, 2.24) is 15.7 Å². The van der Waals surface area contributed by atoms with E-state index in [2.05, 4.69) is 5.32 Å². The van der Waals surface area contributed by atoms with Crippen LogP contribution in [-0.4, -0.2) is 50.3 Å². The number of nitrogens with zero attached hydrogens (tertiary/aromatic N) is 1. The maximum absolute atomic E-state index is 14.0. The van der Waals surface area contributed by atoms with Gasteiger partial charge in [0.25, 0.3) is 0 Å². The number of rotatable bonds is 8. The van der Waals surface area contributed by atoms with Crippen LogP contribution in [0.15, 0.2) is 48.5 Å². The average molecular weight is 468 g/mol. The summed E-state index contributed by atoms with van der Waals surface area (Å²) in [6, 6.07) is 13.0. The molecule has 2 aliphatic rings. The smallest absolute Gasteiger partial charge is 0.245 e. The number of hydroxylamine groups is 1. The highest BCUT2D eigenvalue weighted by Gasteiger charge is 2.40. The van der Waals surface area contributed by atoms with Crippen LogP contribution in [0.2, 0.25) is 0 Å². The number of carbonyl (C=O) groups is 2. The monoisotopic (exact) mass is 467 g/mol. The number of aliphatic hydroxyl groups excluding tert-OH is 1. The standard InChI is InChI=1S/C26H33N3O5/c30-20-11-6-7-17(13-20)16-29(25-21-12-5-4-8-18(21)14-23(25)31)26(33)22(15-24(32)28-34)27-19-9-2-1-3-10-19/h4-8,11-13,19,22-23,25,27,30-31,34H,1-3,9-10,14-16H2,(H,28,32)/t22-,23-,25+/m1/s1. The van der Waals surface area contributed by atoms with Gasteiger partial charge in [-0.25, -0.2) is 5.48 Å². The number of aliphatic hydroxyl groups is 1. The highest BCUT2D eigenvalue weighted by atomic mass is 16.5. The largest absolute Gasteiger partial charge is 0.508 e. The molecule has 4 rings (SSSR count). The normalized spacial score (nSPS) is 21.0. The number of aromatic hydroxyl groups is 1. The molecule has 5 N–H and O–H groups in total. The van der Waals surface area contributed by atoms with Gasteiger partial charge in [0, 0.05) is 19.0 Å². The zero-order valence-corrected chi connectivity index (χ0v) is 19.2. The van der Waals surface area contributed by atoms with E-state index in [1.807, 2.05) is 30.3 Å². The molecule has 0 heterocycles. The van der Waals surface area contributed by atoms with Crippen molar-refractivity contribution in [3.05, 3.63) is 65.2 Å². The van der Waals surface area contributed by atoms with Gasteiger partial charge in [0.05, 0.1) is 24.6 Å². The van der Waals surface area contributed by atoms with Gasteiger partial charge in [-0.3, -0.25) is 14.8 Å². The summed E-state index contributed by atoms with van der Waals surface area (Å²) in [6.45, 7) is 0.160. The lowest BCUT2D eigenvalue weighted by Crippen LogP contribution is -2.53. The molecular formula is C26H33N3O5. The van der Waals surface area contributed by atoms with Crippen molar-refractivity contribution in [2.24, 2.45) is 0 Å². The summed E-state index contributed by atoms with van der Waals surface area (Å²) in [5.41, 5.74) is 4.23. The van der Waals surface area contributed by atoms with Crippen LogP contribution >= 0.6 is 0 Å². The van der Waals surface area contributed by atoms with E-state index in [4.69, 9.17) is 5.21 Å². The van der Waals surface area contributed by atoms with Crippen molar-refractivity contribution in [2.45, 2.75) is 75.7 Å². The van der Waals surface area contributed by atoms with E-state index in [-0.39, 0.29) is 30.7 Å². The molecule has 0 saturated heterocycles. The van der Waals surface area contributed by atoms with Gasteiger partial charge in [-0.1, -0.05) is 55.7 Å². The van der Waals surface area contributed by atoms with E-state index in [9.17, 15) is 19.8 Å². The van der Waals surface area contributed by atoms with Gasteiger partial charge >= 0.3 is 0 Å². The second-order valence-electron chi connectivity index (χ2n) is 9.34. The maximum atomic E-state index is 14.0. The fourth-order valence-corrected chi connectivity index (χ4v) is 5.30. The first-order valence-electron chi connectivity index (χ1n) is 12.0. The molecule has 34 heavy (non-hydrogen) atoms. The molecule has 2 aromatic carbocycles. The first kappa shape index (κ1) is 24.2. The molecule has 0 aliphatic heterocycles. The number of nitrogens with one attached hydrogen (secondary N) is 2. The third kappa shape index (κ3) is 5.58. The quantitative estimate of drug-likeness (QED) is 0.300. The van der Waals surface area contributed by atoms with Gasteiger partial charge in [-0.2, -0.15) is 0 Å². The van der Waals surface area contributed by atoms with Crippen LogP contribution in [0.5, 0.6) is 5.75 Å². The van der Waals surface area contributed by atoms with Crippen LogP contribution in [0.25, 0.3) is 0 Å². The van der Waals surface area contributed by atoms with Crippen LogP contribution in [0.3, 0.4) is 0 Å². The van der Waals surface area contributed by atoms with Crippen LogP contribution in [0, 0.1) is 0 Å². The molecule has 0 aromatic heterocycles. The predicted octanol–water partition coefficient (Wildman–Crippen LogP) is 2.57. The molecule has 3 atom stereocenters. The number of hydrogen-bond donors (Lipinski definition) is 5. The van der Waals surface area contributed by atoms with Crippen molar-refractivity contribution in [2.75, 3.05) is 0 Å². The Balaban J connectivity index is 1.67. The molecule has 2 aliphatic carbocycles. The first-order valence-corrected chi connectivity index (χ1v) is 12.0. The lowest BCUT2D eigenvalue weighted by molar-refractivity contribution is -0.142. The highest BCUT2D eigenvalue weighted by Crippen LogP contribution is 2.37. The van der Waals surface area contributed by atoms with Crippen molar-refractivity contribution in [3.8, 4) is 5.75 Å². The second-order valence-corrected chi connectivity index (χ2v) is 9.34. The molecule has 0 spiro atoms. The van der Waals surface area contributed by atoms with Crippen LogP contribution in [0.4, 0.5) is 0 Å². The topological polar surface area (TPSA) is 122 Å². The third-order valence-corrected chi connectivity index (χ3v) is 6.90. The van der Waals surface area contributed by atoms with Crippen molar-refractivity contribution < 1.29 is 25.0 Å². The lowest BCUT2D eigenvalue weighted by Gasteiger charge is -2.36.